The maximum atomic E-state index is 11.7. The molecule has 0 aliphatic carbocycles. The van der Waals surface area contributed by atoms with Gasteiger partial charge in [-0.05, 0) is 28.1 Å². The third kappa shape index (κ3) is 3.86. The molecule has 3 nitrogen and oxygen atoms in total. The maximum Gasteiger partial charge on any atom is 0.490 e. The Morgan fingerprint density at radius 2 is 2.13 bits per heavy atom. The van der Waals surface area contributed by atoms with Gasteiger partial charge < -0.3 is 4.74 Å². The van der Waals surface area contributed by atoms with E-state index >= 15 is 0 Å². The molecule has 1 aromatic heterocycles. The van der Waals surface area contributed by atoms with Crippen LogP contribution in [0.5, 0.6) is 0 Å². The molecule has 82 valence electrons. The summed E-state index contributed by atoms with van der Waals surface area (Å²) in [6.45, 7) is -0.494. The number of ether oxygens (including phenoxy) is 1. The number of aromatic nitrogens is 1. The minimum absolute atomic E-state index is 0.246. The number of hydrogen-bond acceptors (Lipinski definition) is 3. The first kappa shape index (κ1) is 12.0. The first-order chi connectivity index (χ1) is 6.89. The third-order valence-electron chi connectivity index (χ3n) is 1.37. The molecule has 0 saturated carbocycles. The van der Waals surface area contributed by atoms with Crippen LogP contribution in [-0.4, -0.2) is 17.1 Å². The Morgan fingerprint density at radius 3 is 2.60 bits per heavy atom. The average Bonchev–Trinajstić information content (AvgIpc) is 2.15. The van der Waals surface area contributed by atoms with Crippen LogP contribution in [0.15, 0.2) is 22.8 Å². The molecular weight excluding hydrogens is 279 g/mol. The molecule has 0 atom stereocenters. The van der Waals surface area contributed by atoms with Gasteiger partial charge in [0.15, 0.2) is 0 Å². The van der Waals surface area contributed by atoms with E-state index in [4.69, 9.17) is 0 Å². The summed E-state index contributed by atoms with van der Waals surface area (Å²) in [5, 5.41) is 0. The van der Waals surface area contributed by atoms with Crippen molar-refractivity contribution in [2.75, 3.05) is 0 Å². The summed E-state index contributed by atoms with van der Waals surface area (Å²) in [5.74, 6) is -2.22. The van der Waals surface area contributed by atoms with Crippen LogP contribution in [0.25, 0.3) is 0 Å². The largest absolute Gasteiger partial charge is 0.490 e. The van der Waals surface area contributed by atoms with Gasteiger partial charge >= 0.3 is 12.1 Å². The molecule has 0 unspecified atom stereocenters. The van der Waals surface area contributed by atoms with Gasteiger partial charge in [0, 0.05) is 10.7 Å². The predicted octanol–water partition coefficient (Wildman–Crippen LogP) is 2.45. The zero-order valence-electron chi connectivity index (χ0n) is 7.21. The van der Waals surface area contributed by atoms with E-state index in [9.17, 15) is 18.0 Å². The summed E-state index contributed by atoms with van der Waals surface area (Å²) < 4.78 is 39.8. The number of carbonyl (C=O) groups excluding carboxylic acids is 1. The Labute approximate surface area is 91.4 Å². The molecule has 0 bridgehead atoms. The lowest BCUT2D eigenvalue weighted by Gasteiger charge is -2.06. The Hall–Kier alpha value is -1.11. The van der Waals surface area contributed by atoms with E-state index < -0.39 is 18.8 Å². The number of nitrogens with zero attached hydrogens (tertiary/aromatic N) is 1. The Bertz CT molecular complexity index is 350. The minimum Gasteiger partial charge on any atom is -0.453 e. The van der Waals surface area contributed by atoms with Gasteiger partial charge in [0.05, 0.1) is 5.69 Å². The highest BCUT2D eigenvalue weighted by atomic mass is 79.9. The molecule has 0 radical (unpaired) electrons. The number of carbonyl (C=O) groups is 1. The van der Waals surface area contributed by atoms with Crippen molar-refractivity contribution in [2.24, 2.45) is 0 Å². The standard InChI is InChI=1S/C8H5BrF3NO2/c9-5-1-2-6(13-3-5)4-15-7(14)8(10,11)12/h1-3H,4H2. The molecule has 0 aliphatic heterocycles. The van der Waals surface area contributed by atoms with Crippen molar-refractivity contribution in [3.63, 3.8) is 0 Å². The lowest BCUT2D eigenvalue weighted by molar-refractivity contribution is -0.201. The lowest BCUT2D eigenvalue weighted by atomic mass is 10.4. The fraction of sp³-hybridized carbons (Fsp3) is 0.250. The third-order valence-corrected chi connectivity index (χ3v) is 1.84. The molecule has 0 fully saturated rings. The normalized spacial score (nSPS) is 11.2. The van der Waals surface area contributed by atoms with E-state index in [-0.39, 0.29) is 5.69 Å². The van der Waals surface area contributed by atoms with Gasteiger partial charge in [-0.1, -0.05) is 0 Å². The number of halogens is 4. The van der Waals surface area contributed by atoms with Gasteiger partial charge in [0.25, 0.3) is 0 Å². The van der Waals surface area contributed by atoms with Crippen molar-refractivity contribution in [3.8, 4) is 0 Å². The molecule has 1 aromatic rings. The zero-order chi connectivity index (χ0) is 11.5. The van der Waals surface area contributed by atoms with Crippen LogP contribution in [0.1, 0.15) is 5.69 Å². The minimum atomic E-state index is -4.96. The van der Waals surface area contributed by atoms with Crippen LogP contribution in [0, 0.1) is 0 Å². The maximum absolute atomic E-state index is 11.7. The number of hydrogen-bond donors (Lipinski definition) is 0. The van der Waals surface area contributed by atoms with Crippen LogP contribution >= 0.6 is 15.9 Å². The van der Waals surface area contributed by atoms with E-state index in [2.05, 4.69) is 25.7 Å². The fourth-order valence-corrected chi connectivity index (χ4v) is 0.948. The summed E-state index contributed by atoms with van der Waals surface area (Å²) in [5.41, 5.74) is 0.246. The molecule has 0 spiro atoms. The molecule has 0 aromatic carbocycles. The van der Waals surface area contributed by atoms with Crippen LogP contribution < -0.4 is 0 Å². The Balaban J connectivity index is 2.51. The quantitative estimate of drug-likeness (QED) is 0.783. The Morgan fingerprint density at radius 1 is 1.47 bits per heavy atom. The van der Waals surface area contributed by atoms with Gasteiger partial charge in [-0.2, -0.15) is 13.2 Å². The van der Waals surface area contributed by atoms with E-state index in [1.807, 2.05) is 0 Å². The highest BCUT2D eigenvalue weighted by molar-refractivity contribution is 9.10. The monoisotopic (exact) mass is 283 g/mol. The lowest BCUT2D eigenvalue weighted by Crippen LogP contribution is -2.25. The summed E-state index contributed by atoms with van der Waals surface area (Å²) in [4.78, 5) is 14.1. The van der Waals surface area contributed by atoms with Crippen LogP contribution in [0.2, 0.25) is 0 Å². The topological polar surface area (TPSA) is 39.2 Å². The molecule has 0 N–H and O–H groups in total. The molecular formula is C8H5BrF3NO2. The number of alkyl halides is 3. The van der Waals surface area contributed by atoms with Gasteiger partial charge in [-0.25, -0.2) is 4.79 Å². The van der Waals surface area contributed by atoms with E-state index in [1.54, 1.807) is 6.07 Å². The van der Waals surface area contributed by atoms with Gasteiger partial charge in [-0.3, -0.25) is 4.98 Å². The summed E-state index contributed by atoms with van der Waals surface area (Å²) >= 11 is 3.11. The highest BCUT2D eigenvalue weighted by Gasteiger charge is 2.40. The van der Waals surface area contributed by atoms with E-state index in [0.717, 1.165) is 0 Å². The SMILES string of the molecule is O=C(OCc1ccc(Br)cn1)C(F)(F)F. The second-order valence-corrected chi connectivity index (χ2v) is 3.46. The van der Waals surface area contributed by atoms with Crippen molar-refractivity contribution in [1.29, 1.82) is 0 Å². The predicted molar refractivity (Wildman–Crippen MR) is 47.8 cm³/mol. The van der Waals surface area contributed by atoms with Crippen molar-refractivity contribution < 1.29 is 22.7 Å². The second kappa shape index (κ2) is 4.61. The average molecular weight is 284 g/mol. The molecule has 0 amide bonds. The summed E-state index contributed by atoms with van der Waals surface area (Å²) in [7, 11) is 0. The van der Waals surface area contributed by atoms with Crippen molar-refractivity contribution >= 4 is 21.9 Å². The first-order valence-electron chi connectivity index (χ1n) is 3.74. The summed E-state index contributed by atoms with van der Waals surface area (Å²) in [6, 6.07) is 3.04. The number of pyridine rings is 1. The second-order valence-electron chi connectivity index (χ2n) is 2.54. The van der Waals surface area contributed by atoms with Gasteiger partial charge in [0.1, 0.15) is 6.61 Å². The molecule has 7 heteroatoms. The Kier molecular flexibility index (Phi) is 3.67. The first-order valence-corrected chi connectivity index (χ1v) is 4.53. The van der Waals surface area contributed by atoms with Gasteiger partial charge in [-0.15, -0.1) is 0 Å². The van der Waals surface area contributed by atoms with Gasteiger partial charge in [0.2, 0.25) is 0 Å². The van der Waals surface area contributed by atoms with E-state index in [0.29, 0.717) is 4.47 Å². The van der Waals surface area contributed by atoms with Crippen LogP contribution in [-0.2, 0) is 16.1 Å². The van der Waals surface area contributed by atoms with Crippen molar-refractivity contribution in [2.45, 2.75) is 12.8 Å². The molecule has 0 aliphatic rings. The van der Waals surface area contributed by atoms with Crippen LogP contribution in [0.3, 0.4) is 0 Å². The molecule has 1 heterocycles. The van der Waals surface area contributed by atoms with Crippen molar-refractivity contribution in [3.05, 3.63) is 28.5 Å². The van der Waals surface area contributed by atoms with E-state index in [1.165, 1.54) is 12.3 Å². The summed E-state index contributed by atoms with van der Waals surface area (Å²) in [6.07, 6.45) is -3.56. The highest BCUT2D eigenvalue weighted by Crippen LogP contribution is 2.17. The smallest absolute Gasteiger partial charge is 0.453 e. The number of rotatable bonds is 2. The van der Waals surface area contributed by atoms with Crippen molar-refractivity contribution in [1.82, 2.24) is 4.98 Å². The molecule has 15 heavy (non-hydrogen) atoms. The molecule has 1 rings (SSSR count). The number of esters is 1. The molecule has 0 saturated heterocycles. The zero-order valence-corrected chi connectivity index (χ0v) is 8.80. The van der Waals surface area contributed by atoms with Crippen LogP contribution in [0.4, 0.5) is 13.2 Å². The fourth-order valence-electron chi connectivity index (χ4n) is 0.713.